The van der Waals surface area contributed by atoms with Crippen LogP contribution in [0.15, 0.2) is 42.5 Å². The monoisotopic (exact) mass is 542 g/mol. The van der Waals surface area contributed by atoms with E-state index in [9.17, 15) is 18.7 Å². The Morgan fingerprint density at radius 2 is 1.79 bits per heavy atom. The van der Waals surface area contributed by atoms with E-state index < -0.39 is 16.6 Å². The normalized spacial score (nSPS) is 16.2. The number of methoxy groups -OCH3 is 1. The summed E-state index contributed by atoms with van der Waals surface area (Å²) < 4.78 is 26.5. The Balaban J connectivity index is 1.56. The number of nitrogens with one attached hydrogen (secondary N) is 2. The molecule has 1 aliphatic heterocycles. The smallest absolute Gasteiger partial charge is 0.307 e. The second-order valence-corrected chi connectivity index (χ2v) is 11.7. The van der Waals surface area contributed by atoms with Crippen molar-refractivity contribution in [3.63, 3.8) is 0 Å². The molecule has 1 saturated heterocycles. The molecule has 38 heavy (non-hydrogen) atoms. The molecule has 2 heterocycles. The van der Waals surface area contributed by atoms with E-state index in [4.69, 9.17) is 16.1 Å². The summed E-state index contributed by atoms with van der Waals surface area (Å²) in [4.78, 5) is 31.1. The van der Waals surface area contributed by atoms with Crippen LogP contribution in [-0.2, 0) is 16.1 Å². The summed E-state index contributed by atoms with van der Waals surface area (Å²) in [5, 5.41) is 10.4. The summed E-state index contributed by atoms with van der Waals surface area (Å²) >= 11 is 0. The third kappa shape index (κ3) is 6.70. The Hall–Kier alpha value is -3.45. The Morgan fingerprint density at radius 1 is 1.11 bits per heavy atom. The number of nitrogens with two attached hydrogens (primary N) is 1. The number of amidine groups is 1. The van der Waals surface area contributed by atoms with E-state index in [2.05, 4.69) is 19.5 Å². The number of rotatable bonds is 10. The van der Waals surface area contributed by atoms with Crippen molar-refractivity contribution in [2.45, 2.75) is 19.4 Å². The fraction of sp³-hybridized carbons (Fsp3) is 0.385. The molecular formula is C26H34N6O5S. The van der Waals surface area contributed by atoms with Crippen LogP contribution >= 0.6 is 10.6 Å². The molecule has 0 spiro atoms. The van der Waals surface area contributed by atoms with Gasteiger partial charge in [-0.3, -0.25) is 24.1 Å². The minimum atomic E-state index is -2.42. The summed E-state index contributed by atoms with van der Waals surface area (Å²) in [6.07, 6.45) is 0.925. The lowest BCUT2D eigenvalue weighted by Gasteiger charge is -2.41. The maximum absolute atomic E-state index is 12.6. The van der Waals surface area contributed by atoms with Gasteiger partial charge in [0, 0.05) is 42.9 Å². The highest BCUT2D eigenvalue weighted by Gasteiger charge is 2.22. The number of nitrogen functional groups attached to an aromatic ring is 1. The van der Waals surface area contributed by atoms with Gasteiger partial charge in [-0.25, -0.2) is 4.98 Å². The second kappa shape index (κ2) is 11.9. The molecule has 12 heteroatoms. The molecule has 11 nitrogen and oxygen atoms in total. The molecule has 0 atom stereocenters. The van der Waals surface area contributed by atoms with E-state index in [1.54, 1.807) is 24.3 Å². The van der Waals surface area contributed by atoms with Crippen molar-refractivity contribution < 1.29 is 23.4 Å². The number of benzene rings is 2. The van der Waals surface area contributed by atoms with Crippen molar-refractivity contribution in [3.8, 4) is 11.4 Å². The zero-order valence-electron chi connectivity index (χ0n) is 21.4. The van der Waals surface area contributed by atoms with Crippen LogP contribution in [0.4, 0.5) is 0 Å². The Labute approximate surface area is 222 Å². The van der Waals surface area contributed by atoms with Gasteiger partial charge in [0.15, 0.2) is 0 Å². The average molecular weight is 543 g/mol. The summed E-state index contributed by atoms with van der Waals surface area (Å²) in [7, 11) is -1.12. The zero-order valence-corrected chi connectivity index (χ0v) is 22.2. The summed E-state index contributed by atoms with van der Waals surface area (Å²) in [6, 6.07) is 12.7. The fourth-order valence-electron chi connectivity index (χ4n) is 4.44. The Morgan fingerprint density at radius 3 is 2.45 bits per heavy atom. The fourth-order valence-corrected chi connectivity index (χ4v) is 5.74. The van der Waals surface area contributed by atoms with Crippen LogP contribution in [0.2, 0.25) is 0 Å². The number of ether oxygens (including phenoxy) is 1. The van der Waals surface area contributed by atoms with Gasteiger partial charge in [0.05, 0.1) is 36.1 Å². The number of fused-ring (bicyclic) bond motifs is 1. The van der Waals surface area contributed by atoms with Gasteiger partial charge < -0.3 is 25.3 Å². The molecule has 4 rings (SSSR count). The maximum atomic E-state index is 12.6. The molecule has 1 aromatic heterocycles. The van der Waals surface area contributed by atoms with Crippen LogP contribution in [0.3, 0.4) is 0 Å². The SMILES string of the molecule is COC(=O)CCNC(=O)c1ccc2c(c1)nc(-c1ccc(C(=N)N)cc1)n2CCCN1CCS(O)(O)CC1. The summed E-state index contributed by atoms with van der Waals surface area (Å²) in [5.41, 5.74) is 9.10. The molecule has 1 fully saturated rings. The number of carbonyl (C=O) groups is 2. The molecule has 3 aromatic rings. The largest absolute Gasteiger partial charge is 0.469 e. The zero-order chi connectivity index (χ0) is 27.3. The van der Waals surface area contributed by atoms with E-state index in [1.807, 2.05) is 18.2 Å². The minimum Gasteiger partial charge on any atom is -0.469 e. The quantitative estimate of drug-likeness (QED) is 0.148. The van der Waals surface area contributed by atoms with Gasteiger partial charge >= 0.3 is 5.97 Å². The van der Waals surface area contributed by atoms with Crippen LogP contribution in [0, 0.1) is 5.41 Å². The molecular weight excluding hydrogens is 508 g/mol. The van der Waals surface area contributed by atoms with E-state index in [1.165, 1.54) is 7.11 Å². The molecule has 204 valence electrons. The van der Waals surface area contributed by atoms with Crippen LogP contribution < -0.4 is 11.1 Å². The van der Waals surface area contributed by atoms with Crippen molar-refractivity contribution in [2.75, 3.05) is 44.8 Å². The molecule has 0 bridgehead atoms. The van der Waals surface area contributed by atoms with Crippen molar-refractivity contribution in [1.29, 1.82) is 5.41 Å². The third-order valence-electron chi connectivity index (χ3n) is 6.63. The lowest BCUT2D eigenvalue weighted by molar-refractivity contribution is -0.140. The van der Waals surface area contributed by atoms with E-state index in [0.29, 0.717) is 47.8 Å². The van der Waals surface area contributed by atoms with Crippen molar-refractivity contribution in [2.24, 2.45) is 5.73 Å². The Kier molecular flexibility index (Phi) is 8.67. The van der Waals surface area contributed by atoms with Crippen LogP contribution in [0.5, 0.6) is 0 Å². The van der Waals surface area contributed by atoms with Crippen molar-refractivity contribution >= 4 is 39.3 Å². The predicted octanol–water partition coefficient (Wildman–Crippen LogP) is 2.74. The first-order valence-corrected chi connectivity index (χ1v) is 14.3. The number of hydrogen-bond acceptors (Lipinski definition) is 8. The molecule has 0 unspecified atom stereocenters. The van der Waals surface area contributed by atoms with E-state index in [-0.39, 0.29) is 24.7 Å². The lowest BCUT2D eigenvalue weighted by atomic mass is 10.1. The first-order chi connectivity index (χ1) is 18.2. The molecule has 0 radical (unpaired) electrons. The van der Waals surface area contributed by atoms with Gasteiger partial charge in [-0.2, -0.15) is 10.6 Å². The average Bonchev–Trinajstić information content (AvgIpc) is 3.27. The molecule has 1 amide bonds. The molecule has 1 aliphatic rings. The second-order valence-electron chi connectivity index (χ2n) is 9.27. The van der Waals surface area contributed by atoms with Gasteiger partial charge in [-0.1, -0.05) is 24.3 Å². The molecule has 2 aromatic carbocycles. The van der Waals surface area contributed by atoms with Crippen LogP contribution in [-0.4, -0.2) is 86.1 Å². The van der Waals surface area contributed by atoms with Gasteiger partial charge in [0.2, 0.25) is 0 Å². The van der Waals surface area contributed by atoms with Gasteiger partial charge in [0.25, 0.3) is 5.91 Å². The number of amides is 1. The Bertz CT molecular complexity index is 1310. The number of nitrogens with zero attached hydrogens (tertiary/aromatic N) is 3. The van der Waals surface area contributed by atoms with Crippen LogP contribution in [0.1, 0.15) is 28.8 Å². The highest BCUT2D eigenvalue weighted by Crippen LogP contribution is 2.40. The number of carbonyl (C=O) groups excluding carboxylic acids is 2. The summed E-state index contributed by atoms with van der Waals surface area (Å²) in [5.74, 6) is 0.877. The van der Waals surface area contributed by atoms with E-state index in [0.717, 1.165) is 29.9 Å². The molecule has 6 N–H and O–H groups in total. The van der Waals surface area contributed by atoms with Crippen molar-refractivity contribution in [1.82, 2.24) is 19.8 Å². The van der Waals surface area contributed by atoms with Crippen molar-refractivity contribution in [3.05, 3.63) is 53.6 Å². The standard InChI is InChI=1S/C26H34N6O5S/c1-37-23(33)9-10-29-26(34)20-7-8-22-21(17-20)30-25(19-5-3-18(4-6-19)24(27)28)32(22)12-2-11-31-13-15-38(35,36)16-14-31/h3-8,17,35-36H,2,9-16H2,1H3,(H3,27,28)(H,29,34). The minimum absolute atomic E-state index is 0.00829. The number of esters is 1. The molecule has 0 aliphatic carbocycles. The summed E-state index contributed by atoms with van der Waals surface area (Å²) in [6.45, 7) is 3.01. The lowest BCUT2D eigenvalue weighted by Crippen LogP contribution is -2.39. The number of aryl methyl sites for hydroxylation is 1. The predicted molar refractivity (Wildman–Crippen MR) is 149 cm³/mol. The topological polar surface area (TPSA) is 167 Å². The highest BCUT2D eigenvalue weighted by atomic mass is 32.3. The number of aromatic nitrogens is 2. The van der Waals surface area contributed by atoms with Gasteiger partial charge in [-0.15, -0.1) is 0 Å². The van der Waals surface area contributed by atoms with Crippen LogP contribution in [0.25, 0.3) is 22.4 Å². The first kappa shape index (κ1) is 27.6. The number of hydrogen-bond donors (Lipinski definition) is 5. The third-order valence-corrected chi connectivity index (χ3v) is 8.30. The van der Waals surface area contributed by atoms with E-state index >= 15 is 0 Å². The maximum Gasteiger partial charge on any atom is 0.307 e. The van der Waals surface area contributed by atoms with Gasteiger partial charge in [-0.05, 0) is 31.2 Å². The molecule has 0 saturated carbocycles. The first-order valence-electron chi connectivity index (χ1n) is 12.4. The highest BCUT2D eigenvalue weighted by molar-refractivity contribution is 8.24. The number of imidazole rings is 1. The van der Waals surface area contributed by atoms with Gasteiger partial charge in [0.1, 0.15) is 11.7 Å².